The summed E-state index contributed by atoms with van der Waals surface area (Å²) in [5, 5.41) is 13.0. The Balaban J connectivity index is 1.37. The molecule has 8 heteroatoms. The van der Waals surface area contributed by atoms with E-state index in [0.717, 1.165) is 48.4 Å². The Morgan fingerprint density at radius 1 is 1.18 bits per heavy atom. The van der Waals surface area contributed by atoms with Gasteiger partial charge in [0.15, 0.2) is 0 Å². The number of aliphatic hydroxyl groups excluding tert-OH is 1. The minimum Gasteiger partial charge on any atom is -0.393 e. The van der Waals surface area contributed by atoms with Crippen LogP contribution >= 0.6 is 11.6 Å². The Morgan fingerprint density at radius 3 is 2.73 bits per heavy atom. The van der Waals surface area contributed by atoms with Crippen LogP contribution in [0.1, 0.15) is 28.8 Å². The van der Waals surface area contributed by atoms with Gasteiger partial charge in [0, 0.05) is 30.4 Å². The maximum atomic E-state index is 12.6. The SMILES string of the molecule is Cc1cccc(C(=O)Nc2cc3nc(-c4ccc(N5CCC(O)CC5)nc4)[nH]c3cc2Cl)c1. The summed E-state index contributed by atoms with van der Waals surface area (Å²) in [7, 11) is 0. The van der Waals surface area contributed by atoms with Crippen molar-refractivity contribution in [2.24, 2.45) is 0 Å². The van der Waals surface area contributed by atoms with Crippen LogP contribution in [0.25, 0.3) is 22.4 Å². The van der Waals surface area contributed by atoms with Crippen molar-refractivity contribution in [3.8, 4) is 11.4 Å². The van der Waals surface area contributed by atoms with Gasteiger partial charge >= 0.3 is 0 Å². The number of carbonyl (C=O) groups is 1. The fraction of sp³-hybridized carbons (Fsp3) is 0.240. The fourth-order valence-electron chi connectivity index (χ4n) is 4.05. The number of carbonyl (C=O) groups excluding carboxylic acids is 1. The molecule has 2 aromatic heterocycles. The lowest BCUT2D eigenvalue weighted by Gasteiger charge is -2.30. The number of nitrogens with one attached hydrogen (secondary N) is 2. The first-order valence-corrected chi connectivity index (χ1v) is 11.3. The number of halogens is 1. The van der Waals surface area contributed by atoms with Gasteiger partial charge < -0.3 is 20.3 Å². The molecular formula is C25H24ClN5O2. The number of imidazole rings is 1. The molecule has 7 nitrogen and oxygen atoms in total. The minimum absolute atomic E-state index is 0.214. The molecule has 0 bridgehead atoms. The van der Waals surface area contributed by atoms with Crippen molar-refractivity contribution in [1.82, 2.24) is 15.0 Å². The number of amides is 1. The average molecular weight is 462 g/mol. The topological polar surface area (TPSA) is 94.1 Å². The molecule has 2 aromatic carbocycles. The first-order valence-electron chi connectivity index (χ1n) is 10.9. The van der Waals surface area contributed by atoms with Gasteiger partial charge in [0.25, 0.3) is 5.91 Å². The molecule has 5 rings (SSSR count). The number of aromatic amines is 1. The lowest BCUT2D eigenvalue weighted by Crippen LogP contribution is -2.36. The highest BCUT2D eigenvalue weighted by molar-refractivity contribution is 6.34. The van der Waals surface area contributed by atoms with Crippen LogP contribution in [0.15, 0.2) is 54.7 Å². The monoisotopic (exact) mass is 461 g/mol. The van der Waals surface area contributed by atoms with Crippen molar-refractivity contribution in [1.29, 1.82) is 0 Å². The van der Waals surface area contributed by atoms with Gasteiger partial charge in [0.1, 0.15) is 11.6 Å². The molecule has 1 fully saturated rings. The number of aliphatic hydroxyl groups is 1. The number of H-pyrrole nitrogens is 1. The van der Waals surface area contributed by atoms with Gasteiger partial charge in [-0.3, -0.25) is 4.79 Å². The van der Waals surface area contributed by atoms with Crippen LogP contribution < -0.4 is 10.2 Å². The van der Waals surface area contributed by atoms with Crippen LogP contribution in [0.3, 0.4) is 0 Å². The number of anilines is 2. The van der Waals surface area contributed by atoms with Gasteiger partial charge in [-0.15, -0.1) is 0 Å². The molecule has 1 saturated heterocycles. The van der Waals surface area contributed by atoms with Crippen LogP contribution in [-0.4, -0.2) is 45.2 Å². The van der Waals surface area contributed by atoms with E-state index in [9.17, 15) is 9.90 Å². The van der Waals surface area contributed by atoms with Gasteiger partial charge in [0.2, 0.25) is 0 Å². The average Bonchev–Trinajstić information content (AvgIpc) is 3.22. The molecule has 168 valence electrons. The Hall–Kier alpha value is -3.42. The molecule has 1 aliphatic rings. The third-order valence-electron chi connectivity index (χ3n) is 5.91. The van der Waals surface area contributed by atoms with Gasteiger partial charge in [0.05, 0.1) is 27.8 Å². The Kier molecular flexibility index (Phi) is 5.74. The van der Waals surface area contributed by atoms with Gasteiger partial charge in [-0.1, -0.05) is 29.3 Å². The van der Waals surface area contributed by atoms with E-state index in [2.05, 4.69) is 25.2 Å². The highest BCUT2D eigenvalue weighted by Crippen LogP contribution is 2.30. The Morgan fingerprint density at radius 2 is 2.00 bits per heavy atom. The normalized spacial score (nSPS) is 14.6. The number of hydrogen-bond donors (Lipinski definition) is 3. The molecule has 0 aliphatic carbocycles. The lowest BCUT2D eigenvalue weighted by atomic mass is 10.1. The summed E-state index contributed by atoms with van der Waals surface area (Å²) in [5.74, 6) is 1.35. The van der Waals surface area contributed by atoms with E-state index in [0.29, 0.717) is 27.6 Å². The number of rotatable bonds is 4. The summed E-state index contributed by atoms with van der Waals surface area (Å²) in [6, 6.07) is 14.9. The molecule has 0 spiro atoms. The quantitative estimate of drug-likeness (QED) is 0.406. The molecule has 3 heterocycles. The summed E-state index contributed by atoms with van der Waals surface area (Å²) in [6.07, 6.45) is 3.10. The first-order chi connectivity index (χ1) is 16.0. The molecule has 1 amide bonds. The summed E-state index contributed by atoms with van der Waals surface area (Å²) < 4.78 is 0. The fourth-order valence-corrected chi connectivity index (χ4v) is 4.26. The molecule has 0 radical (unpaired) electrons. The van der Waals surface area contributed by atoms with E-state index in [4.69, 9.17) is 11.6 Å². The number of piperidine rings is 1. The van der Waals surface area contributed by atoms with Crippen molar-refractivity contribution in [2.45, 2.75) is 25.9 Å². The molecule has 0 unspecified atom stereocenters. The van der Waals surface area contributed by atoms with E-state index in [1.54, 1.807) is 24.4 Å². The van der Waals surface area contributed by atoms with Crippen LogP contribution in [0.4, 0.5) is 11.5 Å². The van der Waals surface area contributed by atoms with Crippen LogP contribution in [0.5, 0.6) is 0 Å². The number of aromatic nitrogens is 3. The van der Waals surface area contributed by atoms with Gasteiger partial charge in [-0.25, -0.2) is 9.97 Å². The number of aryl methyl sites for hydroxylation is 1. The second-order valence-corrected chi connectivity index (χ2v) is 8.79. The predicted octanol–water partition coefficient (Wildman–Crippen LogP) is 4.80. The van der Waals surface area contributed by atoms with Gasteiger partial charge in [-0.05, 0) is 56.2 Å². The standard InChI is InChI=1S/C25H24ClN5O2/c1-15-3-2-4-16(11-15)25(33)30-20-13-22-21(12-19(20)26)28-24(29-22)17-5-6-23(27-14-17)31-9-7-18(32)8-10-31/h2-6,11-14,18,32H,7-10H2,1H3,(H,28,29)(H,30,33). The van der Waals surface area contributed by atoms with E-state index in [1.807, 2.05) is 37.3 Å². The highest BCUT2D eigenvalue weighted by atomic mass is 35.5. The summed E-state index contributed by atoms with van der Waals surface area (Å²) >= 11 is 6.44. The van der Waals surface area contributed by atoms with E-state index in [-0.39, 0.29) is 12.0 Å². The van der Waals surface area contributed by atoms with Crippen molar-refractivity contribution < 1.29 is 9.90 Å². The van der Waals surface area contributed by atoms with Crippen molar-refractivity contribution in [3.05, 3.63) is 70.9 Å². The minimum atomic E-state index is -0.222. The highest BCUT2D eigenvalue weighted by Gasteiger charge is 2.18. The molecule has 1 aliphatic heterocycles. The van der Waals surface area contributed by atoms with Crippen molar-refractivity contribution in [3.63, 3.8) is 0 Å². The van der Waals surface area contributed by atoms with Crippen molar-refractivity contribution in [2.75, 3.05) is 23.3 Å². The van der Waals surface area contributed by atoms with Crippen LogP contribution in [0.2, 0.25) is 5.02 Å². The van der Waals surface area contributed by atoms with Crippen LogP contribution in [0, 0.1) is 6.92 Å². The third-order valence-corrected chi connectivity index (χ3v) is 6.22. The molecule has 4 aromatic rings. The van der Waals surface area contributed by atoms with Gasteiger partial charge in [-0.2, -0.15) is 0 Å². The zero-order valence-electron chi connectivity index (χ0n) is 18.2. The third kappa shape index (κ3) is 4.55. The first kappa shape index (κ1) is 21.4. The number of pyridine rings is 1. The zero-order valence-corrected chi connectivity index (χ0v) is 18.9. The van der Waals surface area contributed by atoms with E-state index >= 15 is 0 Å². The zero-order chi connectivity index (χ0) is 22.9. The van der Waals surface area contributed by atoms with Crippen molar-refractivity contribution >= 4 is 40.0 Å². The second kappa shape index (κ2) is 8.84. The Labute approximate surface area is 196 Å². The second-order valence-electron chi connectivity index (χ2n) is 8.38. The summed E-state index contributed by atoms with van der Waals surface area (Å²) in [5.41, 5.74) is 4.42. The molecule has 0 atom stereocenters. The number of nitrogens with zero attached hydrogens (tertiary/aromatic N) is 3. The smallest absolute Gasteiger partial charge is 0.255 e. The maximum Gasteiger partial charge on any atom is 0.255 e. The number of benzene rings is 2. The molecule has 33 heavy (non-hydrogen) atoms. The number of fused-ring (bicyclic) bond motifs is 1. The molecular weight excluding hydrogens is 438 g/mol. The lowest BCUT2D eigenvalue weighted by molar-refractivity contribution is 0.102. The van der Waals surface area contributed by atoms with E-state index < -0.39 is 0 Å². The maximum absolute atomic E-state index is 12.6. The summed E-state index contributed by atoms with van der Waals surface area (Å²) in [6.45, 7) is 3.54. The molecule has 3 N–H and O–H groups in total. The number of hydrogen-bond acceptors (Lipinski definition) is 5. The largest absolute Gasteiger partial charge is 0.393 e. The van der Waals surface area contributed by atoms with Crippen LogP contribution in [-0.2, 0) is 0 Å². The summed E-state index contributed by atoms with van der Waals surface area (Å²) in [4.78, 5) is 27.4. The Bertz CT molecular complexity index is 1310. The van der Waals surface area contributed by atoms with E-state index in [1.165, 1.54) is 0 Å². The molecule has 0 saturated carbocycles. The predicted molar refractivity (Wildman–Crippen MR) is 131 cm³/mol.